The smallest absolute Gasteiger partial charge is 0.325 e. The SMILES string of the molecule is CCC(CC)c1cccc(C(N)C(=O)O)c1. The summed E-state index contributed by atoms with van der Waals surface area (Å²) in [5.41, 5.74) is 7.45. The maximum atomic E-state index is 10.8. The zero-order valence-corrected chi connectivity index (χ0v) is 9.81. The first-order valence-electron chi connectivity index (χ1n) is 5.68. The van der Waals surface area contributed by atoms with Crippen molar-refractivity contribution in [3.05, 3.63) is 35.4 Å². The zero-order valence-electron chi connectivity index (χ0n) is 9.81. The molecule has 1 aromatic rings. The lowest BCUT2D eigenvalue weighted by Gasteiger charge is -2.15. The Morgan fingerprint density at radius 3 is 2.38 bits per heavy atom. The first kappa shape index (κ1) is 12.7. The Labute approximate surface area is 96.3 Å². The Hall–Kier alpha value is -1.35. The van der Waals surface area contributed by atoms with Gasteiger partial charge in [-0.25, -0.2) is 0 Å². The van der Waals surface area contributed by atoms with E-state index in [9.17, 15) is 4.79 Å². The number of hydrogen-bond acceptors (Lipinski definition) is 2. The van der Waals surface area contributed by atoms with E-state index in [4.69, 9.17) is 10.8 Å². The van der Waals surface area contributed by atoms with Crippen LogP contribution >= 0.6 is 0 Å². The first-order valence-corrected chi connectivity index (χ1v) is 5.68. The Morgan fingerprint density at radius 2 is 1.88 bits per heavy atom. The molecule has 0 saturated heterocycles. The van der Waals surface area contributed by atoms with Crippen LogP contribution in [0, 0.1) is 0 Å². The summed E-state index contributed by atoms with van der Waals surface area (Å²) in [6.45, 7) is 4.27. The van der Waals surface area contributed by atoms with Crippen LogP contribution in [0.4, 0.5) is 0 Å². The van der Waals surface area contributed by atoms with Crippen molar-refractivity contribution < 1.29 is 9.90 Å². The second-order valence-electron chi connectivity index (χ2n) is 4.00. The van der Waals surface area contributed by atoms with E-state index < -0.39 is 12.0 Å². The van der Waals surface area contributed by atoms with E-state index in [2.05, 4.69) is 13.8 Å². The molecule has 0 fully saturated rings. The molecule has 1 aromatic carbocycles. The summed E-state index contributed by atoms with van der Waals surface area (Å²) in [6, 6.07) is 6.68. The van der Waals surface area contributed by atoms with Crippen LogP contribution in [0.3, 0.4) is 0 Å². The number of carbonyl (C=O) groups is 1. The van der Waals surface area contributed by atoms with Gasteiger partial charge in [0.1, 0.15) is 6.04 Å². The van der Waals surface area contributed by atoms with E-state index in [1.54, 1.807) is 6.07 Å². The van der Waals surface area contributed by atoms with Gasteiger partial charge in [-0.3, -0.25) is 4.79 Å². The van der Waals surface area contributed by atoms with Gasteiger partial charge in [0.25, 0.3) is 0 Å². The maximum Gasteiger partial charge on any atom is 0.325 e. The number of carboxylic acids is 1. The molecule has 0 aliphatic rings. The van der Waals surface area contributed by atoms with Crippen molar-refractivity contribution >= 4 is 5.97 Å². The highest BCUT2D eigenvalue weighted by Gasteiger charge is 2.15. The molecule has 0 saturated carbocycles. The lowest BCUT2D eigenvalue weighted by atomic mass is 9.91. The van der Waals surface area contributed by atoms with Crippen molar-refractivity contribution in [1.82, 2.24) is 0 Å². The van der Waals surface area contributed by atoms with Gasteiger partial charge in [0.15, 0.2) is 0 Å². The molecule has 1 rings (SSSR count). The predicted molar refractivity (Wildman–Crippen MR) is 64.3 cm³/mol. The predicted octanol–water partition coefficient (Wildman–Crippen LogP) is 2.67. The average molecular weight is 221 g/mol. The standard InChI is InChI=1S/C13H19NO2/c1-3-9(4-2)10-6-5-7-11(8-10)12(14)13(15)16/h5-9,12H,3-4,14H2,1-2H3,(H,15,16). The molecule has 3 N–H and O–H groups in total. The summed E-state index contributed by atoms with van der Waals surface area (Å²) in [6.07, 6.45) is 2.12. The normalized spacial score (nSPS) is 12.8. The topological polar surface area (TPSA) is 63.3 Å². The number of aliphatic carboxylic acids is 1. The van der Waals surface area contributed by atoms with Crippen LogP contribution < -0.4 is 5.73 Å². The van der Waals surface area contributed by atoms with Gasteiger partial charge in [-0.15, -0.1) is 0 Å². The molecular formula is C13H19NO2. The fourth-order valence-electron chi connectivity index (χ4n) is 1.91. The molecule has 0 spiro atoms. The van der Waals surface area contributed by atoms with Gasteiger partial charge in [-0.05, 0) is 29.9 Å². The van der Waals surface area contributed by atoms with E-state index in [0.717, 1.165) is 12.8 Å². The van der Waals surface area contributed by atoms with Gasteiger partial charge >= 0.3 is 5.97 Å². The van der Waals surface area contributed by atoms with Gasteiger partial charge in [0.2, 0.25) is 0 Å². The highest BCUT2D eigenvalue weighted by molar-refractivity contribution is 5.75. The molecule has 0 radical (unpaired) electrons. The van der Waals surface area contributed by atoms with Gasteiger partial charge in [0.05, 0.1) is 0 Å². The second kappa shape index (κ2) is 5.66. The minimum absolute atomic E-state index is 0.487. The van der Waals surface area contributed by atoms with Crippen LogP contribution in [0.1, 0.15) is 49.8 Å². The van der Waals surface area contributed by atoms with E-state index in [0.29, 0.717) is 11.5 Å². The number of hydrogen-bond donors (Lipinski definition) is 2. The third-order valence-electron chi connectivity index (χ3n) is 2.99. The van der Waals surface area contributed by atoms with Crippen LogP contribution in [0.5, 0.6) is 0 Å². The highest BCUT2D eigenvalue weighted by atomic mass is 16.4. The molecule has 3 heteroatoms. The minimum Gasteiger partial charge on any atom is -0.480 e. The molecule has 3 nitrogen and oxygen atoms in total. The molecule has 0 aliphatic carbocycles. The summed E-state index contributed by atoms with van der Waals surface area (Å²) in [5, 5.41) is 8.85. The molecule has 0 amide bonds. The van der Waals surface area contributed by atoms with Crippen LogP contribution in [-0.2, 0) is 4.79 Å². The third kappa shape index (κ3) is 2.83. The van der Waals surface area contributed by atoms with Crippen molar-refractivity contribution in [2.75, 3.05) is 0 Å². The molecule has 16 heavy (non-hydrogen) atoms. The Morgan fingerprint density at radius 1 is 1.31 bits per heavy atom. The fourth-order valence-corrected chi connectivity index (χ4v) is 1.91. The fraction of sp³-hybridized carbons (Fsp3) is 0.462. The molecule has 0 bridgehead atoms. The first-order chi connectivity index (χ1) is 7.60. The van der Waals surface area contributed by atoms with Gasteiger partial charge < -0.3 is 10.8 Å². The van der Waals surface area contributed by atoms with Crippen molar-refractivity contribution in [1.29, 1.82) is 0 Å². The zero-order chi connectivity index (χ0) is 12.1. The quantitative estimate of drug-likeness (QED) is 0.803. The van der Waals surface area contributed by atoms with Crippen LogP contribution in [0.15, 0.2) is 24.3 Å². The monoisotopic (exact) mass is 221 g/mol. The van der Waals surface area contributed by atoms with Crippen molar-refractivity contribution in [2.45, 2.75) is 38.6 Å². The Bertz CT molecular complexity index is 359. The summed E-state index contributed by atoms with van der Waals surface area (Å²) in [7, 11) is 0. The number of rotatable bonds is 5. The lowest BCUT2D eigenvalue weighted by Crippen LogP contribution is -2.20. The molecule has 0 aliphatic heterocycles. The summed E-state index contributed by atoms with van der Waals surface area (Å²) < 4.78 is 0. The van der Waals surface area contributed by atoms with E-state index in [1.165, 1.54) is 5.56 Å². The Balaban J connectivity index is 2.98. The van der Waals surface area contributed by atoms with Crippen LogP contribution in [0.2, 0.25) is 0 Å². The molecule has 1 atom stereocenters. The lowest BCUT2D eigenvalue weighted by molar-refractivity contribution is -0.138. The van der Waals surface area contributed by atoms with E-state index in [1.807, 2.05) is 18.2 Å². The molecular weight excluding hydrogens is 202 g/mol. The average Bonchev–Trinajstić information content (AvgIpc) is 2.30. The van der Waals surface area contributed by atoms with Gasteiger partial charge in [0, 0.05) is 0 Å². The number of benzene rings is 1. The van der Waals surface area contributed by atoms with Crippen molar-refractivity contribution in [3.63, 3.8) is 0 Å². The second-order valence-corrected chi connectivity index (χ2v) is 4.00. The van der Waals surface area contributed by atoms with Gasteiger partial charge in [-0.1, -0.05) is 38.1 Å². The molecule has 0 aromatic heterocycles. The largest absolute Gasteiger partial charge is 0.480 e. The summed E-state index contributed by atoms with van der Waals surface area (Å²) >= 11 is 0. The van der Waals surface area contributed by atoms with Crippen LogP contribution in [0.25, 0.3) is 0 Å². The Kier molecular flexibility index (Phi) is 4.50. The van der Waals surface area contributed by atoms with E-state index >= 15 is 0 Å². The number of nitrogens with two attached hydrogens (primary N) is 1. The van der Waals surface area contributed by atoms with E-state index in [-0.39, 0.29) is 0 Å². The molecule has 0 heterocycles. The summed E-state index contributed by atoms with van der Waals surface area (Å²) in [4.78, 5) is 10.8. The maximum absolute atomic E-state index is 10.8. The minimum atomic E-state index is -0.985. The van der Waals surface area contributed by atoms with Gasteiger partial charge in [-0.2, -0.15) is 0 Å². The molecule has 1 unspecified atom stereocenters. The van der Waals surface area contributed by atoms with Crippen molar-refractivity contribution in [2.24, 2.45) is 5.73 Å². The molecule has 88 valence electrons. The summed E-state index contributed by atoms with van der Waals surface area (Å²) in [5.74, 6) is -0.498. The third-order valence-corrected chi connectivity index (χ3v) is 2.99. The van der Waals surface area contributed by atoms with Crippen molar-refractivity contribution in [3.8, 4) is 0 Å². The number of carboxylic acid groups (broad SMARTS) is 1. The van der Waals surface area contributed by atoms with Crippen LogP contribution in [-0.4, -0.2) is 11.1 Å². The highest BCUT2D eigenvalue weighted by Crippen LogP contribution is 2.25.